The summed E-state index contributed by atoms with van der Waals surface area (Å²) in [5, 5.41) is 15.7. The summed E-state index contributed by atoms with van der Waals surface area (Å²) in [7, 11) is 0. The number of hydrogen-bond acceptors (Lipinski definition) is 2. The van der Waals surface area contributed by atoms with Gasteiger partial charge in [0.25, 0.3) is 0 Å². The molecule has 0 aliphatic heterocycles. The first-order valence-corrected chi connectivity index (χ1v) is 6.85. The second kappa shape index (κ2) is 5.57. The maximum absolute atomic E-state index is 11.9. The molecule has 0 radical (unpaired) electrons. The third-order valence-corrected chi connectivity index (χ3v) is 4.12. The lowest BCUT2D eigenvalue weighted by Crippen LogP contribution is -2.52. The van der Waals surface area contributed by atoms with Crippen LogP contribution in [0.3, 0.4) is 0 Å². The molecule has 3 N–H and O–H groups in total. The zero-order chi connectivity index (χ0) is 14.0. The average molecular weight is 303 g/mol. The van der Waals surface area contributed by atoms with Crippen LogP contribution in [0.5, 0.6) is 0 Å². The minimum absolute atomic E-state index is 0.0769. The van der Waals surface area contributed by atoms with E-state index < -0.39 is 5.54 Å². The second-order valence-electron chi connectivity index (χ2n) is 5.06. The van der Waals surface area contributed by atoms with E-state index in [2.05, 4.69) is 10.6 Å². The molecule has 0 heterocycles. The van der Waals surface area contributed by atoms with E-state index in [-0.39, 0.29) is 12.6 Å². The lowest BCUT2D eigenvalue weighted by molar-refractivity contribution is 0.159. The normalized spacial score (nSPS) is 17.7. The van der Waals surface area contributed by atoms with Crippen molar-refractivity contribution in [2.24, 2.45) is 5.92 Å². The van der Waals surface area contributed by atoms with Crippen molar-refractivity contribution in [3.05, 3.63) is 28.2 Å². The zero-order valence-electron chi connectivity index (χ0n) is 10.5. The highest BCUT2D eigenvalue weighted by molar-refractivity contribution is 6.42. The quantitative estimate of drug-likeness (QED) is 0.799. The fraction of sp³-hybridized carbons (Fsp3) is 0.462. The highest BCUT2D eigenvalue weighted by Gasteiger charge is 2.42. The van der Waals surface area contributed by atoms with Gasteiger partial charge in [-0.15, -0.1) is 0 Å². The van der Waals surface area contributed by atoms with Gasteiger partial charge < -0.3 is 15.7 Å². The van der Waals surface area contributed by atoms with Crippen LogP contribution >= 0.6 is 23.2 Å². The predicted molar refractivity (Wildman–Crippen MR) is 76.8 cm³/mol. The minimum Gasteiger partial charge on any atom is -0.394 e. The molecule has 1 aliphatic carbocycles. The number of nitrogens with one attached hydrogen (secondary N) is 2. The number of amides is 2. The first-order chi connectivity index (χ1) is 8.94. The van der Waals surface area contributed by atoms with Crippen LogP contribution in [-0.2, 0) is 0 Å². The van der Waals surface area contributed by atoms with Gasteiger partial charge >= 0.3 is 6.03 Å². The number of anilines is 1. The Kier molecular flexibility index (Phi) is 4.23. The number of urea groups is 1. The SMILES string of the molecule is CC(CO)(NC(=O)Nc1ccc(Cl)c(Cl)c1)C1CC1. The van der Waals surface area contributed by atoms with Gasteiger partial charge in [-0.25, -0.2) is 4.79 Å². The van der Waals surface area contributed by atoms with Crippen molar-refractivity contribution < 1.29 is 9.90 Å². The smallest absolute Gasteiger partial charge is 0.319 e. The minimum atomic E-state index is -0.569. The Bertz CT molecular complexity index is 492. The molecule has 1 aromatic rings. The van der Waals surface area contributed by atoms with Crippen molar-refractivity contribution in [3.63, 3.8) is 0 Å². The van der Waals surface area contributed by atoms with Crippen LogP contribution in [0, 0.1) is 5.92 Å². The molecule has 1 aliphatic rings. The predicted octanol–water partition coefficient (Wildman–Crippen LogP) is 3.28. The van der Waals surface area contributed by atoms with E-state index in [0.29, 0.717) is 21.7 Å². The number of carbonyl (C=O) groups is 1. The van der Waals surface area contributed by atoms with Crippen molar-refractivity contribution in [3.8, 4) is 0 Å². The average Bonchev–Trinajstić information content (AvgIpc) is 3.18. The molecule has 1 saturated carbocycles. The standard InChI is InChI=1S/C13H16Cl2N2O2/c1-13(7-18,8-2-3-8)17-12(19)16-9-4-5-10(14)11(15)6-9/h4-6,8,18H,2-3,7H2,1H3,(H2,16,17,19). The summed E-state index contributed by atoms with van der Waals surface area (Å²) < 4.78 is 0. The van der Waals surface area contributed by atoms with Crippen molar-refractivity contribution >= 4 is 34.9 Å². The first-order valence-electron chi connectivity index (χ1n) is 6.10. The van der Waals surface area contributed by atoms with Gasteiger partial charge in [-0.2, -0.15) is 0 Å². The molecule has 2 rings (SSSR count). The number of aliphatic hydroxyl groups is 1. The summed E-state index contributed by atoms with van der Waals surface area (Å²) in [4.78, 5) is 11.9. The Hall–Kier alpha value is -0.970. The van der Waals surface area contributed by atoms with E-state index >= 15 is 0 Å². The van der Waals surface area contributed by atoms with E-state index in [1.165, 1.54) is 0 Å². The van der Waals surface area contributed by atoms with Crippen LogP contribution in [0.25, 0.3) is 0 Å². The van der Waals surface area contributed by atoms with Crippen LogP contribution in [0.1, 0.15) is 19.8 Å². The number of aliphatic hydroxyl groups excluding tert-OH is 1. The molecule has 0 saturated heterocycles. The molecule has 1 fully saturated rings. The van der Waals surface area contributed by atoms with Crippen molar-refractivity contribution in [2.75, 3.05) is 11.9 Å². The maximum atomic E-state index is 11.9. The summed E-state index contributed by atoms with van der Waals surface area (Å²) in [5.74, 6) is 0.344. The summed E-state index contributed by atoms with van der Waals surface area (Å²) >= 11 is 11.7. The molecule has 1 atom stereocenters. The van der Waals surface area contributed by atoms with E-state index in [1.807, 2.05) is 6.92 Å². The maximum Gasteiger partial charge on any atom is 0.319 e. The lowest BCUT2D eigenvalue weighted by Gasteiger charge is -2.28. The number of hydrogen-bond donors (Lipinski definition) is 3. The molecule has 4 nitrogen and oxygen atoms in total. The van der Waals surface area contributed by atoms with Crippen LogP contribution in [-0.4, -0.2) is 23.3 Å². The third kappa shape index (κ3) is 3.53. The monoisotopic (exact) mass is 302 g/mol. The zero-order valence-corrected chi connectivity index (χ0v) is 12.1. The van der Waals surface area contributed by atoms with Crippen LogP contribution in [0.2, 0.25) is 10.0 Å². The van der Waals surface area contributed by atoms with Crippen LogP contribution in [0.15, 0.2) is 18.2 Å². The van der Waals surface area contributed by atoms with E-state index in [9.17, 15) is 9.90 Å². The Morgan fingerprint density at radius 1 is 1.42 bits per heavy atom. The molecule has 2 amide bonds. The van der Waals surface area contributed by atoms with E-state index in [0.717, 1.165) is 12.8 Å². The number of halogens is 2. The molecule has 1 aromatic carbocycles. The van der Waals surface area contributed by atoms with Gasteiger partial charge in [0.15, 0.2) is 0 Å². The molecular weight excluding hydrogens is 287 g/mol. The summed E-state index contributed by atoms with van der Waals surface area (Å²) in [6.07, 6.45) is 2.06. The van der Waals surface area contributed by atoms with Gasteiger partial charge in [0, 0.05) is 5.69 Å². The molecule has 1 unspecified atom stereocenters. The fourth-order valence-electron chi connectivity index (χ4n) is 1.99. The Morgan fingerprint density at radius 2 is 2.11 bits per heavy atom. The number of benzene rings is 1. The Labute approximate surface area is 122 Å². The molecular formula is C13H16Cl2N2O2. The van der Waals surface area contributed by atoms with Gasteiger partial charge in [-0.1, -0.05) is 23.2 Å². The number of carbonyl (C=O) groups excluding carboxylic acids is 1. The molecule has 104 valence electrons. The Balaban J connectivity index is 1.98. The highest BCUT2D eigenvalue weighted by Crippen LogP contribution is 2.39. The van der Waals surface area contributed by atoms with Crippen molar-refractivity contribution in [2.45, 2.75) is 25.3 Å². The summed E-state index contributed by atoms with van der Waals surface area (Å²) in [5.41, 5.74) is -0.0108. The van der Waals surface area contributed by atoms with E-state index in [4.69, 9.17) is 23.2 Å². The van der Waals surface area contributed by atoms with Crippen LogP contribution < -0.4 is 10.6 Å². The largest absolute Gasteiger partial charge is 0.394 e. The number of rotatable bonds is 4. The molecule has 19 heavy (non-hydrogen) atoms. The van der Waals surface area contributed by atoms with Gasteiger partial charge in [-0.05, 0) is 43.9 Å². The van der Waals surface area contributed by atoms with Gasteiger partial charge in [-0.3, -0.25) is 0 Å². The van der Waals surface area contributed by atoms with E-state index in [1.54, 1.807) is 18.2 Å². The molecule has 0 bridgehead atoms. The van der Waals surface area contributed by atoms with Gasteiger partial charge in [0.2, 0.25) is 0 Å². The fourth-order valence-corrected chi connectivity index (χ4v) is 2.28. The first kappa shape index (κ1) is 14.4. The van der Waals surface area contributed by atoms with Crippen molar-refractivity contribution in [1.82, 2.24) is 5.32 Å². The Morgan fingerprint density at radius 3 is 2.63 bits per heavy atom. The molecule has 6 heteroatoms. The summed E-state index contributed by atoms with van der Waals surface area (Å²) in [6.45, 7) is 1.77. The van der Waals surface area contributed by atoms with Gasteiger partial charge in [0.1, 0.15) is 0 Å². The second-order valence-corrected chi connectivity index (χ2v) is 5.87. The third-order valence-electron chi connectivity index (χ3n) is 3.38. The van der Waals surface area contributed by atoms with Crippen LogP contribution in [0.4, 0.5) is 10.5 Å². The summed E-state index contributed by atoms with van der Waals surface area (Å²) in [6, 6.07) is 4.51. The lowest BCUT2D eigenvalue weighted by atomic mass is 9.97. The molecule has 0 spiro atoms. The van der Waals surface area contributed by atoms with Gasteiger partial charge in [0.05, 0.1) is 22.2 Å². The highest BCUT2D eigenvalue weighted by atomic mass is 35.5. The van der Waals surface area contributed by atoms with Crippen molar-refractivity contribution in [1.29, 1.82) is 0 Å². The molecule has 0 aromatic heterocycles. The topological polar surface area (TPSA) is 61.4 Å².